The van der Waals surface area contributed by atoms with Gasteiger partial charge >= 0.3 is 0 Å². The summed E-state index contributed by atoms with van der Waals surface area (Å²) in [6, 6.07) is 5.98. The topological polar surface area (TPSA) is 61.9 Å². The number of rotatable bonds is 4. The maximum atomic E-state index is 12.6. The summed E-state index contributed by atoms with van der Waals surface area (Å²) >= 11 is 0. The fraction of sp³-hybridized carbons (Fsp3) is 0.579. The van der Waals surface area contributed by atoms with E-state index in [4.69, 9.17) is 4.74 Å². The van der Waals surface area contributed by atoms with Crippen LogP contribution in [0, 0.1) is 0 Å². The lowest BCUT2D eigenvalue weighted by molar-refractivity contribution is -0.122. The molecule has 1 saturated heterocycles. The van der Waals surface area contributed by atoms with Gasteiger partial charge in [0.05, 0.1) is 18.7 Å². The molecule has 3 aliphatic rings. The normalized spacial score (nSPS) is 22.4. The molecule has 2 heterocycles. The monoisotopic (exact) mass is 343 g/mol. The van der Waals surface area contributed by atoms with Crippen molar-refractivity contribution in [2.24, 2.45) is 0 Å². The van der Waals surface area contributed by atoms with E-state index in [1.165, 1.54) is 0 Å². The van der Waals surface area contributed by atoms with Crippen LogP contribution >= 0.6 is 0 Å². The van der Waals surface area contributed by atoms with Crippen molar-refractivity contribution in [1.82, 2.24) is 10.2 Å². The van der Waals surface area contributed by atoms with Crippen LogP contribution in [0.4, 0.5) is 5.69 Å². The molecule has 0 aromatic heterocycles. The summed E-state index contributed by atoms with van der Waals surface area (Å²) in [5.74, 6) is 0.903. The number of hydrogen-bond acceptors (Lipinski definition) is 4. The predicted octanol–water partition coefficient (Wildman–Crippen LogP) is 1.79. The molecule has 1 aromatic carbocycles. The molecule has 1 unspecified atom stereocenters. The van der Waals surface area contributed by atoms with Crippen LogP contribution in [0.5, 0.6) is 5.75 Å². The zero-order chi connectivity index (χ0) is 17.4. The zero-order valence-corrected chi connectivity index (χ0v) is 14.7. The molecule has 25 heavy (non-hydrogen) atoms. The SMILES string of the molecule is CN1CC(CC(=O)NC2CC2)Oc2ccc(C(=O)N3CCCC3)cc21. The number of anilines is 1. The average molecular weight is 343 g/mol. The molecule has 2 amide bonds. The van der Waals surface area contributed by atoms with E-state index in [1.54, 1.807) is 0 Å². The summed E-state index contributed by atoms with van der Waals surface area (Å²) in [7, 11) is 1.98. The molecule has 6 nitrogen and oxygen atoms in total. The van der Waals surface area contributed by atoms with E-state index in [0.29, 0.717) is 24.6 Å². The Morgan fingerprint density at radius 2 is 2.00 bits per heavy atom. The number of hydrogen-bond donors (Lipinski definition) is 1. The summed E-state index contributed by atoms with van der Waals surface area (Å²) in [6.45, 7) is 2.34. The maximum absolute atomic E-state index is 12.6. The summed E-state index contributed by atoms with van der Waals surface area (Å²) in [4.78, 5) is 28.6. The fourth-order valence-electron chi connectivity index (χ4n) is 3.60. The molecule has 1 aromatic rings. The first-order chi connectivity index (χ1) is 12.1. The molecule has 4 rings (SSSR count). The van der Waals surface area contributed by atoms with E-state index in [1.807, 2.05) is 30.1 Å². The molecule has 1 N–H and O–H groups in total. The van der Waals surface area contributed by atoms with Gasteiger partial charge in [0.1, 0.15) is 11.9 Å². The quantitative estimate of drug-likeness (QED) is 0.905. The second kappa shape index (κ2) is 6.58. The van der Waals surface area contributed by atoms with Gasteiger partial charge in [0.15, 0.2) is 0 Å². The number of nitrogens with zero attached hydrogens (tertiary/aromatic N) is 2. The van der Waals surface area contributed by atoms with Crippen molar-refractivity contribution in [2.75, 3.05) is 31.6 Å². The highest BCUT2D eigenvalue weighted by atomic mass is 16.5. The van der Waals surface area contributed by atoms with E-state index in [9.17, 15) is 9.59 Å². The number of carbonyl (C=O) groups excluding carboxylic acids is 2. The second-order valence-corrected chi connectivity index (χ2v) is 7.35. The van der Waals surface area contributed by atoms with E-state index < -0.39 is 0 Å². The van der Waals surface area contributed by atoms with Crippen LogP contribution in [0.1, 0.15) is 42.5 Å². The molecule has 0 radical (unpaired) electrons. The number of fused-ring (bicyclic) bond motifs is 1. The minimum atomic E-state index is -0.156. The van der Waals surface area contributed by atoms with E-state index >= 15 is 0 Å². The van der Waals surface area contributed by atoms with Crippen LogP contribution < -0.4 is 15.0 Å². The number of carbonyl (C=O) groups is 2. The van der Waals surface area contributed by atoms with Crippen molar-refractivity contribution in [1.29, 1.82) is 0 Å². The zero-order valence-electron chi connectivity index (χ0n) is 14.7. The third kappa shape index (κ3) is 3.57. The van der Waals surface area contributed by atoms with Crippen LogP contribution in [-0.4, -0.2) is 55.5 Å². The minimum absolute atomic E-state index is 0.0604. The Balaban J connectivity index is 1.44. The van der Waals surface area contributed by atoms with Crippen LogP contribution in [0.2, 0.25) is 0 Å². The molecule has 1 saturated carbocycles. The van der Waals surface area contributed by atoms with Gasteiger partial charge in [0, 0.05) is 31.7 Å². The summed E-state index contributed by atoms with van der Waals surface area (Å²) in [5.41, 5.74) is 1.63. The van der Waals surface area contributed by atoms with Gasteiger partial charge in [0.2, 0.25) is 5.91 Å². The number of likely N-dealkylation sites (N-methyl/N-ethyl adjacent to an activating group) is 1. The lowest BCUT2D eigenvalue weighted by Gasteiger charge is -2.34. The molecule has 2 aliphatic heterocycles. The van der Waals surface area contributed by atoms with E-state index in [2.05, 4.69) is 10.2 Å². The number of ether oxygens (including phenoxy) is 1. The van der Waals surface area contributed by atoms with Crippen LogP contribution in [0.25, 0.3) is 0 Å². The van der Waals surface area contributed by atoms with Gasteiger partial charge in [-0.25, -0.2) is 0 Å². The largest absolute Gasteiger partial charge is 0.486 e. The standard InChI is InChI=1S/C19H25N3O3/c1-21-12-15(11-18(23)20-14-5-6-14)25-17-7-4-13(10-16(17)21)19(24)22-8-2-3-9-22/h4,7,10,14-15H,2-3,5-6,8-9,11-12H2,1H3,(H,20,23). The predicted molar refractivity (Wildman–Crippen MR) is 95.0 cm³/mol. The van der Waals surface area contributed by atoms with Crippen LogP contribution in [-0.2, 0) is 4.79 Å². The third-order valence-electron chi connectivity index (χ3n) is 5.14. The third-order valence-corrected chi connectivity index (χ3v) is 5.14. The van der Waals surface area contributed by atoms with Gasteiger partial charge in [0.25, 0.3) is 5.91 Å². The number of likely N-dealkylation sites (tertiary alicyclic amines) is 1. The van der Waals surface area contributed by atoms with Gasteiger partial charge in [-0.15, -0.1) is 0 Å². The first-order valence-corrected chi connectivity index (χ1v) is 9.20. The van der Waals surface area contributed by atoms with Gasteiger partial charge in [-0.2, -0.15) is 0 Å². The average Bonchev–Trinajstić information content (AvgIpc) is 3.23. The van der Waals surface area contributed by atoms with Gasteiger partial charge in [-0.05, 0) is 43.9 Å². The molecular formula is C19H25N3O3. The Labute approximate surface area is 148 Å². The molecule has 2 fully saturated rings. The van der Waals surface area contributed by atoms with Crippen molar-refractivity contribution in [3.05, 3.63) is 23.8 Å². The van der Waals surface area contributed by atoms with Crippen molar-refractivity contribution in [2.45, 2.75) is 44.2 Å². The molecule has 1 aliphatic carbocycles. The van der Waals surface area contributed by atoms with E-state index in [-0.39, 0.29) is 17.9 Å². The number of benzene rings is 1. The molecule has 134 valence electrons. The molecular weight excluding hydrogens is 318 g/mol. The highest BCUT2D eigenvalue weighted by Crippen LogP contribution is 2.34. The second-order valence-electron chi connectivity index (χ2n) is 7.35. The summed E-state index contributed by atoms with van der Waals surface area (Å²) < 4.78 is 6.01. The van der Waals surface area contributed by atoms with Crippen LogP contribution in [0.15, 0.2) is 18.2 Å². The fourth-order valence-corrected chi connectivity index (χ4v) is 3.60. The Bertz CT molecular complexity index is 680. The number of nitrogens with one attached hydrogen (secondary N) is 1. The van der Waals surface area contributed by atoms with Gasteiger partial charge in [-0.3, -0.25) is 9.59 Å². The smallest absolute Gasteiger partial charge is 0.253 e. The lowest BCUT2D eigenvalue weighted by atomic mass is 10.1. The van der Waals surface area contributed by atoms with Crippen molar-refractivity contribution in [3.8, 4) is 5.75 Å². The first kappa shape index (κ1) is 16.2. The lowest BCUT2D eigenvalue weighted by Crippen LogP contribution is -2.41. The van der Waals surface area contributed by atoms with Crippen molar-refractivity contribution in [3.63, 3.8) is 0 Å². The molecule has 6 heteroatoms. The molecule has 0 bridgehead atoms. The molecule has 0 spiro atoms. The highest BCUT2D eigenvalue weighted by Gasteiger charge is 2.29. The Hall–Kier alpha value is -2.24. The Morgan fingerprint density at radius 1 is 1.24 bits per heavy atom. The van der Waals surface area contributed by atoms with Crippen molar-refractivity contribution < 1.29 is 14.3 Å². The number of amides is 2. The first-order valence-electron chi connectivity index (χ1n) is 9.20. The Kier molecular flexibility index (Phi) is 4.27. The van der Waals surface area contributed by atoms with E-state index in [0.717, 1.165) is 50.2 Å². The maximum Gasteiger partial charge on any atom is 0.253 e. The van der Waals surface area contributed by atoms with Crippen molar-refractivity contribution >= 4 is 17.5 Å². The molecule has 1 atom stereocenters. The summed E-state index contributed by atoms with van der Waals surface area (Å²) in [5, 5.41) is 3.01. The minimum Gasteiger partial charge on any atom is -0.486 e. The highest BCUT2D eigenvalue weighted by molar-refractivity contribution is 5.96. The van der Waals surface area contributed by atoms with Crippen LogP contribution in [0.3, 0.4) is 0 Å². The van der Waals surface area contributed by atoms with Gasteiger partial charge in [-0.1, -0.05) is 0 Å². The van der Waals surface area contributed by atoms with Gasteiger partial charge < -0.3 is 19.9 Å². The Morgan fingerprint density at radius 3 is 2.72 bits per heavy atom. The summed E-state index contributed by atoms with van der Waals surface area (Å²) in [6.07, 6.45) is 4.57.